The Kier molecular flexibility index (Phi) is 8.00. The molecule has 9 nitrogen and oxygen atoms in total. The third kappa shape index (κ3) is 5.62. The number of aliphatic imine (C=N–C) groups is 1. The molecule has 0 bridgehead atoms. The standard InChI is InChI=1S/C15H22N6O3S2.HI/c1-12-14(25-11-18-12)9-17-15(16-2)20-4-6-21(7-5-20)26(22,23)10-13-3-8-24-19-13;/h3,8,11H,4-7,9-10H2,1-2H3,(H,16,17);1H. The summed E-state index contributed by atoms with van der Waals surface area (Å²) in [6, 6.07) is 1.57. The van der Waals surface area contributed by atoms with E-state index in [0.29, 0.717) is 38.4 Å². The van der Waals surface area contributed by atoms with E-state index >= 15 is 0 Å². The third-order valence-electron chi connectivity index (χ3n) is 4.22. The summed E-state index contributed by atoms with van der Waals surface area (Å²) in [5.74, 6) is 0.632. The molecule has 1 aliphatic heterocycles. The molecule has 0 aromatic carbocycles. The Labute approximate surface area is 179 Å². The first-order valence-electron chi connectivity index (χ1n) is 8.21. The number of halogens is 1. The van der Waals surface area contributed by atoms with Crippen LogP contribution in [0.3, 0.4) is 0 Å². The van der Waals surface area contributed by atoms with Crippen molar-refractivity contribution in [2.24, 2.45) is 4.99 Å². The molecule has 0 unspecified atom stereocenters. The molecule has 1 aliphatic rings. The van der Waals surface area contributed by atoms with Gasteiger partial charge in [-0.15, -0.1) is 35.3 Å². The van der Waals surface area contributed by atoms with Gasteiger partial charge in [0.05, 0.1) is 23.4 Å². The van der Waals surface area contributed by atoms with Gasteiger partial charge in [-0.3, -0.25) is 4.99 Å². The minimum Gasteiger partial charge on any atom is -0.364 e. The van der Waals surface area contributed by atoms with E-state index in [9.17, 15) is 8.42 Å². The Balaban J connectivity index is 0.00000261. The van der Waals surface area contributed by atoms with Gasteiger partial charge in [0.15, 0.2) is 5.96 Å². The lowest BCUT2D eigenvalue weighted by atomic mass is 10.3. The lowest BCUT2D eigenvalue weighted by Gasteiger charge is -2.35. The highest BCUT2D eigenvalue weighted by Gasteiger charge is 2.29. The number of hydrogen-bond donors (Lipinski definition) is 1. The molecule has 0 atom stereocenters. The lowest BCUT2D eigenvalue weighted by molar-refractivity contribution is 0.260. The van der Waals surface area contributed by atoms with Crippen LogP contribution in [0, 0.1) is 6.92 Å². The van der Waals surface area contributed by atoms with E-state index in [1.54, 1.807) is 24.5 Å². The van der Waals surface area contributed by atoms with Gasteiger partial charge in [-0.05, 0) is 6.92 Å². The zero-order valence-corrected chi connectivity index (χ0v) is 19.1. The van der Waals surface area contributed by atoms with Crippen LogP contribution < -0.4 is 5.32 Å². The maximum atomic E-state index is 12.5. The lowest BCUT2D eigenvalue weighted by Crippen LogP contribution is -2.53. The molecule has 0 radical (unpaired) electrons. The molecule has 1 N–H and O–H groups in total. The largest absolute Gasteiger partial charge is 0.364 e. The van der Waals surface area contributed by atoms with Crippen LogP contribution in [0.4, 0.5) is 0 Å². The molecule has 1 fully saturated rings. The predicted molar refractivity (Wildman–Crippen MR) is 115 cm³/mol. The summed E-state index contributed by atoms with van der Waals surface area (Å²) in [5, 5.41) is 7.01. The summed E-state index contributed by atoms with van der Waals surface area (Å²) in [4.78, 5) is 11.8. The minimum absolute atomic E-state index is 0. The van der Waals surface area contributed by atoms with Gasteiger partial charge in [-0.25, -0.2) is 13.4 Å². The van der Waals surface area contributed by atoms with Gasteiger partial charge in [0.1, 0.15) is 12.0 Å². The quantitative estimate of drug-likeness (QED) is 0.356. The van der Waals surface area contributed by atoms with Crippen molar-refractivity contribution in [3.63, 3.8) is 0 Å². The van der Waals surface area contributed by atoms with Crippen LogP contribution in [0.5, 0.6) is 0 Å². The Morgan fingerprint density at radius 3 is 2.67 bits per heavy atom. The maximum absolute atomic E-state index is 12.5. The molecule has 0 amide bonds. The molecule has 0 aliphatic carbocycles. The van der Waals surface area contributed by atoms with Crippen LogP contribution in [0.15, 0.2) is 27.4 Å². The molecule has 27 heavy (non-hydrogen) atoms. The number of aryl methyl sites for hydroxylation is 1. The molecular formula is C15H23IN6O3S2. The second-order valence-corrected chi connectivity index (χ2v) is 8.80. The first kappa shape index (κ1) is 22.0. The fourth-order valence-electron chi connectivity index (χ4n) is 2.76. The highest BCUT2D eigenvalue weighted by Crippen LogP contribution is 2.14. The minimum atomic E-state index is -3.40. The van der Waals surface area contributed by atoms with Crippen molar-refractivity contribution in [2.75, 3.05) is 33.2 Å². The van der Waals surface area contributed by atoms with Crippen molar-refractivity contribution >= 4 is 51.3 Å². The number of hydrogen-bond acceptors (Lipinski definition) is 7. The molecule has 3 heterocycles. The topological polar surface area (TPSA) is 104 Å². The van der Waals surface area contributed by atoms with Crippen LogP contribution in [-0.2, 0) is 22.3 Å². The number of guanidine groups is 1. The zero-order valence-electron chi connectivity index (χ0n) is 15.2. The zero-order chi connectivity index (χ0) is 18.6. The van der Waals surface area contributed by atoms with E-state index in [0.717, 1.165) is 11.7 Å². The summed E-state index contributed by atoms with van der Waals surface area (Å²) in [6.07, 6.45) is 1.38. The Bertz CT molecular complexity index is 845. The Hall–Kier alpha value is -1.25. The summed E-state index contributed by atoms with van der Waals surface area (Å²) >= 11 is 1.61. The highest BCUT2D eigenvalue weighted by atomic mass is 127. The van der Waals surface area contributed by atoms with Gasteiger partial charge in [-0.1, -0.05) is 5.16 Å². The van der Waals surface area contributed by atoms with Crippen molar-refractivity contribution in [3.8, 4) is 0 Å². The molecule has 2 aromatic rings. The first-order chi connectivity index (χ1) is 12.5. The van der Waals surface area contributed by atoms with Crippen LogP contribution in [0.1, 0.15) is 16.3 Å². The molecule has 0 spiro atoms. The summed E-state index contributed by atoms with van der Waals surface area (Å²) in [6.45, 7) is 4.64. The molecule has 0 saturated carbocycles. The number of nitrogens with one attached hydrogen (secondary N) is 1. The second kappa shape index (κ2) is 9.80. The average Bonchev–Trinajstić information content (AvgIpc) is 3.27. The summed E-state index contributed by atoms with van der Waals surface area (Å²) in [7, 11) is -1.67. The number of aromatic nitrogens is 2. The Morgan fingerprint density at radius 2 is 2.11 bits per heavy atom. The maximum Gasteiger partial charge on any atom is 0.220 e. The van der Waals surface area contributed by atoms with Crippen LogP contribution in [-0.4, -0.2) is 66.9 Å². The number of rotatable bonds is 5. The SMILES string of the molecule is CN=C(NCc1scnc1C)N1CCN(S(=O)(=O)Cc2ccon2)CC1.I. The van der Waals surface area contributed by atoms with E-state index in [1.165, 1.54) is 15.4 Å². The van der Waals surface area contributed by atoms with Crippen molar-refractivity contribution in [3.05, 3.63) is 34.1 Å². The summed E-state index contributed by atoms with van der Waals surface area (Å²) < 4.78 is 31.2. The number of nitrogens with zero attached hydrogens (tertiary/aromatic N) is 5. The predicted octanol–water partition coefficient (Wildman–Crippen LogP) is 1.28. The van der Waals surface area contributed by atoms with Crippen LogP contribution in [0.2, 0.25) is 0 Å². The molecule has 2 aromatic heterocycles. The van der Waals surface area contributed by atoms with Crippen molar-refractivity contribution < 1.29 is 12.9 Å². The Morgan fingerprint density at radius 1 is 1.37 bits per heavy atom. The molecule has 1 saturated heterocycles. The smallest absolute Gasteiger partial charge is 0.220 e. The summed E-state index contributed by atoms with van der Waals surface area (Å²) in [5.41, 5.74) is 3.26. The van der Waals surface area contributed by atoms with E-state index in [-0.39, 0.29) is 29.7 Å². The number of thiazole rings is 1. The van der Waals surface area contributed by atoms with Crippen molar-refractivity contribution in [1.82, 2.24) is 24.7 Å². The number of piperazine rings is 1. The first-order valence-corrected chi connectivity index (χ1v) is 10.7. The third-order valence-corrected chi connectivity index (χ3v) is 6.96. The normalized spacial score (nSPS) is 16.2. The van der Waals surface area contributed by atoms with Gasteiger partial charge in [0, 0.05) is 44.2 Å². The monoisotopic (exact) mass is 526 g/mol. The van der Waals surface area contributed by atoms with E-state index < -0.39 is 10.0 Å². The van der Waals surface area contributed by atoms with Crippen molar-refractivity contribution in [1.29, 1.82) is 0 Å². The van der Waals surface area contributed by atoms with E-state index in [1.807, 2.05) is 12.4 Å². The molecular weight excluding hydrogens is 503 g/mol. The average molecular weight is 526 g/mol. The van der Waals surface area contributed by atoms with Gasteiger partial charge in [0.2, 0.25) is 10.0 Å². The molecule has 150 valence electrons. The van der Waals surface area contributed by atoms with Crippen LogP contribution >= 0.6 is 35.3 Å². The molecule has 12 heteroatoms. The van der Waals surface area contributed by atoms with Gasteiger partial charge >= 0.3 is 0 Å². The highest BCUT2D eigenvalue weighted by molar-refractivity contribution is 14.0. The van der Waals surface area contributed by atoms with E-state index in [4.69, 9.17) is 4.52 Å². The second-order valence-electron chi connectivity index (χ2n) is 5.89. The van der Waals surface area contributed by atoms with Crippen LogP contribution in [0.25, 0.3) is 0 Å². The molecule has 3 rings (SSSR count). The van der Waals surface area contributed by atoms with Gasteiger partial charge < -0.3 is 14.7 Å². The fourth-order valence-corrected chi connectivity index (χ4v) is 4.90. The van der Waals surface area contributed by atoms with Gasteiger partial charge in [-0.2, -0.15) is 4.31 Å². The van der Waals surface area contributed by atoms with Gasteiger partial charge in [0.25, 0.3) is 0 Å². The van der Waals surface area contributed by atoms with E-state index in [2.05, 4.69) is 25.3 Å². The number of sulfonamides is 1. The van der Waals surface area contributed by atoms with Crippen molar-refractivity contribution in [2.45, 2.75) is 19.2 Å². The fraction of sp³-hybridized carbons (Fsp3) is 0.533.